The number of aromatic nitrogens is 2. The van der Waals surface area contributed by atoms with Gasteiger partial charge in [-0.3, -0.25) is 4.98 Å². The van der Waals surface area contributed by atoms with Gasteiger partial charge in [0.05, 0.1) is 15.9 Å². The Morgan fingerprint density at radius 2 is 1.16 bits per heavy atom. The van der Waals surface area contributed by atoms with E-state index in [1.165, 1.54) is 26.6 Å². The molecule has 0 saturated heterocycles. The van der Waals surface area contributed by atoms with Crippen LogP contribution in [0.1, 0.15) is 0 Å². The third kappa shape index (κ3) is 4.91. The molecule has 44 heavy (non-hydrogen) atoms. The minimum Gasteiger partial charge on any atom is -0.310 e. The number of hydrogen-bond donors (Lipinski definition) is 0. The summed E-state index contributed by atoms with van der Waals surface area (Å²) in [6.45, 7) is 0. The lowest BCUT2D eigenvalue weighted by atomic mass is 10.0. The molecule has 0 N–H and O–H groups in total. The lowest BCUT2D eigenvalue weighted by Gasteiger charge is -2.27. The zero-order valence-corrected chi connectivity index (χ0v) is 24.7. The minimum atomic E-state index is 0.960. The van der Waals surface area contributed by atoms with E-state index in [0.29, 0.717) is 0 Å². The highest BCUT2D eigenvalue weighted by atomic mass is 32.1. The van der Waals surface area contributed by atoms with Crippen LogP contribution in [0, 0.1) is 0 Å². The van der Waals surface area contributed by atoms with Gasteiger partial charge in [0, 0.05) is 34.4 Å². The maximum atomic E-state index is 5.06. The number of rotatable bonds is 6. The Morgan fingerprint density at radius 3 is 1.91 bits per heavy atom. The molecule has 208 valence electrons. The number of benzene rings is 6. The van der Waals surface area contributed by atoms with Crippen LogP contribution in [0.15, 0.2) is 164 Å². The molecule has 2 aromatic heterocycles. The highest BCUT2D eigenvalue weighted by Gasteiger charge is 2.18. The van der Waals surface area contributed by atoms with Gasteiger partial charge in [0.1, 0.15) is 5.01 Å². The molecule has 4 heteroatoms. The number of anilines is 3. The van der Waals surface area contributed by atoms with Gasteiger partial charge in [-0.2, -0.15) is 0 Å². The second kappa shape index (κ2) is 11.3. The van der Waals surface area contributed by atoms with E-state index in [0.717, 1.165) is 44.4 Å². The topological polar surface area (TPSA) is 29.0 Å². The fraction of sp³-hybridized carbons (Fsp3) is 0. The van der Waals surface area contributed by atoms with Crippen LogP contribution in [0.25, 0.3) is 53.9 Å². The lowest BCUT2D eigenvalue weighted by molar-refractivity contribution is 1.28. The minimum absolute atomic E-state index is 0.960. The normalized spacial score (nSPS) is 11.2. The van der Waals surface area contributed by atoms with Crippen LogP contribution in [0.3, 0.4) is 0 Å². The predicted octanol–water partition coefficient (Wildman–Crippen LogP) is 11.3. The highest BCUT2D eigenvalue weighted by molar-refractivity contribution is 7.21. The fourth-order valence-corrected chi connectivity index (χ4v) is 6.78. The fourth-order valence-electron chi connectivity index (χ4n) is 5.78. The molecule has 2 heterocycles. The average Bonchev–Trinajstić information content (AvgIpc) is 3.54. The van der Waals surface area contributed by atoms with Crippen molar-refractivity contribution >= 4 is 49.4 Å². The van der Waals surface area contributed by atoms with Gasteiger partial charge in [0.25, 0.3) is 0 Å². The third-order valence-electron chi connectivity index (χ3n) is 7.95. The van der Waals surface area contributed by atoms with Crippen LogP contribution in [-0.2, 0) is 0 Å². The zero-order valence-electron chi connectivity index (χ0n) is 23.8. The monoisotopic (exact) mass is 581 g/mol. The molecule has 8 rings (SSSR count). The number of pyridine rings is 1. The van der Waals surface area contributed by atoms with Gasteiger partial charge in [0.15, 0.2) is 0 Å². The van der Waals surface area contributed by atoms with Crippen LogP contribution in [0.2, 0.25) is 0 Å². The van der Waals surface area contributed by atoms with Gasteiger partial charge in [-0.15, -0.1) is 11.3 Å². The molecule has 0 aliphatic carbocycles. The Balaban J connectivity index is 1.30. The maximum Gasteiger partial charge on any atom is 0.125 e. The van der Waals surface area contributed by atoms with Crippen molar-refractivity contribution < 1.29 is 0 Å². The van der Waals surface area contributed by atoms with Crippen LogP contribution >= 0.6 is 11.3 Å². The van der Waals surface area contributed by atoms with Gasteiger partial charge in [-0.1, -0.05) is 97.1 Å². The Labute approximate surface area is 260 Å². The number of para-hydroxylation sites is 1. The van der Waals surface area contributed by atoms with Crippen LogP contribution in [0.4, 0.5) is 17.1 Å². The second-order valence-electron chi connectivity index (χ2n) is 10.7. The van der Waals surface area contributed by atoms with E-state index in [4.69, 9.17) is 4.98 Å². The first-order valence-corrected chi connectivity index (χ1v) is 15.5. The van der Waals surface area contributed by atoms with Gasteiger partial charge in [-0.05, 0) is 82.6 Å². The molecule has 0 bridgehead atoms. The van der Waals surface area contributed by atoms with Crippen LogP contribution in [-0.4, -0.2) is 9.97 Å². The van der Waals surface area contributed by atoms with Crippen LogP contribution < -0.4 is 4.90 Å². The average molecular weight is 582 g/mol. The van der Waals surface area contributed by atoms with Gasteiger partial charge in [0.2, 0.25) is 0 Å². The van der Waals surface area contributed by atoms with E-state index in [2.05, 4.69) is 149 Å². The Kier molecular flexibility index (Phi) is 6.67. The molecular weight excluding hydrogens is 555 g/mol. The molecule has 0 saturated carbocycles. The molecule has 0 fully saturated rings. The summed E-state index contributed by atoms with van der Waals surface area (Å²) >= 11 is 1.74. The van der Waals surface area contributed by atoms with E-state index >= 15 is 0 Å². The quantitative estimate of drug-likeness (QED) is 0.196. The van der Waals surface area contributed by atoms with E-state index in [9.17, 15) is 0 Å². The molecule has 3 nitrogen and oxygen atoms in total. The Hall–Kier alpha value is -5.58. The highest BCUT2D eigenvalue weighted by Crippen LogP contribution is 2.42. The third-order valence-corrected chi connectivity index (χ3v) is 9.02. The van der Waals surface area contributed by atoms with Crippen molar-refractivity contribution in [2.24, 2.45) is 0 Å². The summed E-state index contributed by atoms with van der Waals surface area (Å²) in [5, 5.41) is 3.39. The molecule has 0 spiro atoms. The van der Waals surface area contributed by atoms with Crippen LogP contribution in [0.5, 0.6) is 0 Å². The second-order valence-corrected chi connectivity index (χ2v) is 11.7. The SMILES string of the molecule is c1ccc(-c2ccc(N(c3ccc(-c4ccccn4)cc3)c3cc(-c4nc5ccccc5s4)c4ccccc4c3)cc2)cc1. The first-order chi connectivity index (χ1) is 21.8. The van der Waals surface area contributed by atoms with Crippen molar-refractivity contribution in [2.45, 2.75) is 0 Å². The standard InChI is InChI=1S/C40H27N3S/c1-2-10-28(11-3-1)29-17-21-32(22-18-29)43(33-23-19-30(20-24-33)37-14-8-9-25-41-37)34-26-31-12-4-5-13-35(31)36(27-34)40-42-38-15-6-7-16-39(38)44-40/h1-27H. The number of nitrogens with zero attached hydrogens (tertiary/aromatic N) is 3. The molecule has 8 aromatic rings. The van der Waals surface area contributed by atoms with Gasteiger partial charge in [-0.25, -0.2) is 4.98 Å². The van der Waals surface area contributed by atoms with E-state index in [-0.39, 0.29) is 0 Å². The molecule has 0 aliphatic rings. The molecule has 0 aliphatic heterocycles. The van der Waals surface area contributed by atoms with E-state index in [1.54, 1.807) is 11.3 Å². The summed E-state index contributed by atoms with van der Waals surface area (Å²) in [5.74, 6) is 0. The molecule has 6 aromatic carbocycles. The largest absolute Gasteiger partial charge is 0.310 e. The zero-order chi connectivity index (χ0) is 29.3. The summed E-state index contributed by atoms with van der Waals surface area (Å²) < 4.78 is 1.19. The smallest absolute Gasteiger partial charge is 0.125 e. The van der Waals surface area contributed by atoms with Crippen molar-refractivity contribution in [1.82, 2.24) is 9.97 Å². The van der Waals surface area contributed by atoms with Gasteiger partial charge >= 0.3 is 0 Å². The van der Waals surface area contributed by atoms with Crippen molar-refractivity contribution in [1.29, 1.82) is 0 Å². The summed E-state index contributed by atoms with van der Waals surface area (Å²) in [6.07, 6.45) is 1.84. The summed E-state index contributed by atoms with van der Waals surface area (Å²) in [6, 6.07) is 55.6. The molecular formula is C40H27N3S. The lowest BCUT2D eigenvalue weighted by Crippen LogP contribution is -2.10. The molecule has 0 unspecified atom stereocenters. The maximum absolute atomic E-state index is 5.06. The predicted molar refractivity (Wildman–Crippen MR) is 186 cm³/mol. The first-order valence-electron chi connectivity index (χ1n) is 14.7. The van der Waals surface area contributed by atoms with Crippen molar-refractivity contribution in [2.75, 3.05) is 4.90 Å². The first kappa shape index (κ1) is 26.1. The van der Waals surface area contributed by atoms with E-state index in [1.807, 2.05) is 24.4 Å². The molecule has 0 amide bonds. The van der Waals surface area contributed by atoms with Crippen molar-refractivity contribution in [3.05, 3.63) is 164 Å². The Morgan fingerprint density at radius 1 is 0.500 bits per heavy atom. The van der Waals surface area contributed by atoms with Crippen molar-refractivity contribution in [3.63, 3.8) is 0 Å². The van der Waals surface area contributed by atoms with E-state index < -0.39 is 0 Å². The number of hydrogen-bond acceptors (Lipinski definition) is 4. The number of thiazole rings is 1. The molecule has 0 atom stereocenters. The van der Waals surface area contributed by atoms with Gasteiger partial charge < -0.3 is 4.90 Å². The summed E-state index contributed by atoms with van der Waals surface area (Å²) in [5.41, 5.74) is 9.84. The summed E-state index contributed by atoms with van der Waals surface area (Å²) in [4.78, 5) is 12.0. The summed E-state index contributed by atoms with van der Waals surface area (Å²) in [7, 11) is 0. The molecule has 0 radical (unpaired) electrons. The number of fused-ring (bicyclic) bond motifs is 2. The van der Waals surface area contributed by atoms with Crippen molar-refractivity contribution in [3.8, 4) is 33.0 Å². The Bertz CT molecular complexity index is 2090.